The normalized spacial score (nSPS) is 11.1. The molecule has 0 atom stereocenters. The Labute approximate surface area is 128 Å². The Morgan fingerprint density at radius 2 is 1.79 bits per heavy atom. The molecule has 0 aliphatic heterocycles. The van der Waals surface area contributed by atoms with Gasteiger partial charge in [-0.05, 0) is 46.1 Å². The highest BCUT2D eigenvalue weighted by Gasteiger charge is 2.16. The van der Waals surface area contributed by atoms with E-state index in [1.807, 2.05) is 0 Å². The summed E-state index contributed by atoms with van der Waals surface area (Å²) in [5.74, 6) is 0.0485. The summed E-state index contributed by atoms with van der Waals surface area (Å²) in [6.45, 7) is 4.19. The summed E-state index contributed by atoms with van der Waals surface area (Å²) in [5, 5.41) is 0.667. The van der Waals surface area contributed by atoms with Gasteiger partial charge in [-0.3, -0.25) is 0 Å². The third-order valence-corrected chi connectivity index (χ3v) is 3.73. The molecule has 2 nitrogen and oxygen atoms in total. The summed E-state index contributed by atoms with van der Waals surface area (Å²) in [6, 6.07) is 6.36. The van der Waals surface area contributed by atoms with E-state index >= 15 is 0 Å². The lowest BCUT2D eigenvalue weighted by Gasteiger charge is -2.14. The third-order valence-electron chi connectivity index (χ3n) is 2.81. The Hall–Kier alpha value is -0.810. The smallest absolute Gasteiger partial charge is 0.197 e. The molecule has 2 rings (SSSR count). The fourth-order valence-corrected chi connectivity index (χ4v) is 2.85. The highest BCUT2D eigenvalue weighted by Crippen LogP contribution is 2.30. The van der Waals surface area contributed by atoms with Gasteiger partial charge in [0.2, 0.25) is 0 Å². The molecule has 1 heterocycles. The van der Waals surface area contributed by atoms with E-state index in [9.17, 15) is 4.39 Å². The molecule has 100 valence electrons. The van der Waals surface area contributed by atoms with Crippen molar-refractivity contribution >= 4 is 31.9 Å². The lowest BCUT2D eigenvalue weighted by Crippen LogP contribution is -2.04. The van der Waals surface area contributed by atoms with Crippen molar-refractivity contribution < 1.29 is 4.39 Å². The topological polar surface area (TPSA) is 25.8 Å². The minimum absolute atomic E-state index is 0.249. The van der Waals surface area contributed by atoms with Crippen LogP contribution in [-0.2, 0) is 5.33 Å². The zero-order valence-electron chi connectivity index (χ0n) is 10.6. The molecule has 1 aromatic heterocycles. The monoisotopic (exact) mass is 386 g/mol. The first kappa shape index (κ1) is 14.6. The molecule has 0 N–H and O–H groups in total. The number of hydrogen-bond donors (Lipinski definition) is 0. The maximum absolute atomic E-state index is 13.0. The molecule has 0 bridgehead atoms. The van der Waals surface area contributed by atoms with Gasteiger partial charge in [0.15, 0.2) is 4.73 Å². The zero-order chi connectivity index (χ0) is 14.0. The molecule has 2 aromatic rings. The van der Waals surface area contributed by atoms with E-state index < -0.39 is 0 Å². The SMILES string of the molecule is CC(C)c1nc(Br)nc(-c2ccc(F)cc2)c1CBr. The Bertz CT molecular complexity index is 583. The van der Waals surface area contributed by atoms with Crippen LogP contribution in [0.25, 0.3) is 11.3 Å². The van der Waals surface area contributed by atoms with Crippen molar-refractivity contribution in [1.29, 1.82) is 0 Å². The van der Waals surface area contributed by atoms with E-state index in [0.717, 1.165) is 22.5 Å². The van der Waals surface area contributed by atoms with Crippen LogP contribution in [0.4, 0.5) is 4.39 Å². The second-order valence-corrected chi connectivity index (χ2v) is 5.77. The van der Waals surface area contributed by atoms with Crippen LogP contribution < -0.4 is 0 Å². The first-order chi connectivity index (χ1) is 9.02. The van der Waals surface area contributed by atoms with Gasteiger partial charge in [0, 0.05) is 16.5 Å². The summed E-state index contributed by atoms with van der Waals surface area (Å²) in [5.41, 5.74) is 3.77. The third kappa shape index (κ3) is 3.20. The maximum atomic E-state index is 13.0. The molecule has 5 heteroatoms. The van der Waals surface area contributed by atoms with Crippen LogP contribution in [0.5, 0.6) is 0 Å². The van der Waals surface area contributed by atoms with Crippen molar-refractivity contribution in [3.63, 3.8) is 0 Å². The highest BCUT2D eigenvalue weighted by molar-refractivity contribution is 9.10. The number of hydrogen-bond acceptors (Lipinski definition) is 2. The van der Waals surface area contributed by atoms with Gasteiger partial charge in [-0.1, -0.05) is 29.8 Å². The van der Waals surface area contributed by atoms with E-state index in [4.69, 9.17) is 0 Å². The molecule has 0 spiro atoms. The molecule has 0 saturated heterocycles. The Balaban J connectivity index is 2.64. The number of alkyl halides is 1. The molecule has 0 aliphatic carbocycles. The second-order valence-electron chi connectivity index (χ2n) is 4.50. The average molecular weight is 388 g/mol. The lowest BCUT2D eigenvalue weighted by molar-refractivity contribution is 0.628. The Kier molecular flexibility index (Phi) is 4.68. The molecular weight excluding hydrogens is 375 g/mol. The van der Waals surface area contributed by atoms with E-state index in [1.54, 1.807) is 12.1 Å². The lowest BCUT2D eigenvalue weighted by atomic mass is 10.00. The van der Waals surface area contributed by atoms with Crippen LogP contribution in [0.15, 0.2) is 29.0 Å². The molecule has 1 aromatic carbocycles. The number of rotatable bonds is 3. The molecule has 19 heavy (non-hydrogen) atoms. The number of nitrogens with zero attached hydrogens (tertiary/aromatic N) is 2. The standard InChI is InChI=1S/C14H13Br2FN2/c1-8(2)12-11(7-15)13(19-14(16)18-12)9-3-5-10(17)6-4-9/h3-6,8H,7H2,1-2H3. The van der Waals surface area contributed by atoms with E-state index in [2.05, 4.69) is 55.7 Å². The minimum atomic E-state index is -0.249. The molecule has 0 saturated carbocycles. The molecule has 0 amide bonds. The van der Waals surface area contributed by atoms with Gasteiger partial charge in [0.05, 0.1) is 11.4 Å². The summed E-state index contributed by atoms with van der Waals surface area (Å²) < 4.78 is 13.6. The fraction of sp³-hybridized carbons (Fsp3) is 0.286. The van der Waals surface area contributed by atoms with Crippen molar-refractivity contribution in [1.82, 2.24) is 9.97 Å². The minimum Gasteiger partial charge on any atom is -0.227 e. The van der Waals surface area contributed by atoms with Gasteiger partial charge < -0.3 is 0 Å². The summed E-state index contributed by atoms with van der Waals surface area (Å²) >= 11 is 6.84. The molecular formula is C14H13Br2FN2. The van der Waals surface area contributed by atoms with Crippen LogP contribution >= 0.6 is 31.9 Å². The van der Waals surface area contributed by atoms with E-state index in [-0.39, 0.29) is 5.82 Å². The first-order valence-corrected chi connectivity index (χ1v) is 7.82. The van der Waals surface area contributed by atoms with Gasteiger partial charge in [-0.25, -0.2) is 14.4 Å². The van der Waals surface area contributed by atoms with Crippen LogP contribution in [0.3, 0.4) is 0 Å². The van der Waals surface area contributed by atoms with Crippen molar-refractivity contribution in [3.8, 4) is 11.3 Å². The Morgan fingerprint density at radius 3 is 2.32 bits per heavy atom. The van der Waals surface area contributed by atoms with Gasteiger partial charge in [0.25, 0.3) is 0 Å². The van der Waals surface area contributed by atoms with Crippen LogP contribution in [-0.4, -0.2) is 9.97 Å². The molecule has 0 fully saturated rings. The van der Waals surface area contributed by atoms with Crippen LogP contribution in [0.2, 0.25) is 0 Å². The summed E-state index contributed by atoms with van der Waals surface area (Å²) in [4.78, 5) is 8.89. The second kappa shape index (κ2) is 6.09. The Morgan fingerprint density at radius 1 is 1.16 bits per heavy atom. The van der Waals surface area contributed by atoms with E-state index in [0.29, 0.717) is 16.0 Å². The van der Waals surface area contributed by atoms with Crippen molar-refractivity contribution in [2.45, 2.75) is 25.1 Å². The summed E-state index contributed by atoms with van der Waals surface area (Å²) in [6.07, 6.45) is 0. The van der Waals surface area contributed by atoms with Crippen molar-refractivity contribution in [2.24, 2.45) is 0 Å². The molecule has 0 aliphatic rings. The van der Waals surface area contributed by atoms with Gasteiger partial charge in [-0.15, -0.1) is 0 Å². The maximum Gasteiger partial charge on any atom is 0.197 e. The van der Waals surface area contributed by atoms with E-state index in [1.165, 1.54) is 12.1 Å². The predicted octanol–water partition coefficient (Wildman–Crippen LogP) is 5.06. The van der Waals surface area contributed by atoms with Gasteiger partial charge in [0.1, 0.15) is 5.82 Å². The van der Waals surface area contributed by atoms with Crippen molar-refractivity contribution in [2.75, 3.05) is 0 Å². The van der Waals surface area contributed by atoms with Crippen LogP contribution in [0, 0.1) is 5.82 Å². The van der Waals surface area contributed by atoms with Crippen LogP contribution in [0.1, 0.15) is 31.0 Å². The van der Waals surface area contributed by atoms with Crippen molar-refractivity contribution in [3.05, 3.63) is 46.1 Å². The number of halogens is 3. The predicted molar refractivity (Wildman–Crippen MR) is 81.8 cm³/mol. The molecule has 0 radical (unpaired) electrons. The zero-order valence-corrected chi connectivity index (χ0v) is 13.8. The highest BCUT2D eigenvalue weighted by atomic mass is 79.9. The molecule has 0 unspecified atom stereocenters. The first-order valence-electron chi connectivity index (χ1n) is 5.91. The largest absolute Gasteiger partial charge is 0.227 e. The number of aromatic nitrogens is 2. The number of benzene rings is 1. The summed E-state index contributed by atoms with van der Waals surface area (Å²) in [7, 11) is 0. The average Bonchev–Trinajstić information content (AvgIpc) is 2.38. The van der Waals surface area contributed by atoms with Gasteiger partial charge >= 0.3 is 0 Å². The van der Waals surface area contributed by atoms with Gasteiger partial charge in [-0.2, -0.15) is 0 Å². The quantitative estimate of drug-likeness (QED) is 0.543. The fourth-order valence-electron chi connectivity index (χ4n) is 1.93.